The van der Waals surface area contributed by atoms with Crippen molar-refractivity contribution in [2.75, 3.05) is 6.26 Å². The van der Waals surface area contributed by atoms with E-state index >= 15 is 0 Å². The molecule has 0 saturated heterocycles. The Morgan fingerprint density at radius 2 is 1.91 bits per heavy atom. The van der Waals surface area contributed by atoms with Crippen LogP contribution in [0.25, 0.3) is 0 Å². The third-order valence-electron chi connectivity index (χ3n) is 2.90. The lowest BCUT2D eigenvalue weighted by atomic mass is 10.1. The largest absolute Gasteiger partial charge is 0.481 e. The lowest BCUT2D eigenvalue weighted by molar-refractivity contribution is -0.136. The first-order valence-electron chi connectivity index (χ1n) is 6.34. The minimum atomic E-state index is -3.53. The summed E-state index contributed by atoms with van der Waals surface area (Å²) in [5, 5.41) is 8.95. The Morgan fingerprint density at radius 1 is 1.22 bits per heavy atom. The van der Waals surface area contributed by atoms with Crippen LogP contribution in [0.4, 0.5) is 4.39 Å². The van der Waals surface area contributed by atoms with Gasteiger partial charge in [0, 0.05) is 6.26 Å². The molecule has 0 aliphatic heterocycles. The molecular weight excluding hydrogens is 347 g/mol. The van der Waals surface area contributed by atoms with E-state index in [1.54, 1.807) is 0 Å². The van der Waals surface area contributed by atoms with Gasteiger partial charge in [0.2, 0.25) is 0 Å². The first-order chi connectivity index (χ1) is 10.7. The molecular formula is C15H12ClFO5S. The molecule has 0 aromatic heterocycles. The van der Waals surface area contributed by atoms with Crippen LogP contribution in [0, 0.1) is 5.82 Å². The number of aliphatic carboxylic acids is 1. The molecule has 2 rings (SSSR count). The second-order valence-electron chi connectivity index (χ2n) is 4.80. The zero-order valence-electron chi connectivity index (χ0n) is 11.9. The summed E-state index contributed by atoms with van der Waals surface area (Å²) in [5.74, 6) is -2.03. The quantitative estimate of drug-likeness (QED) is 0.886. The number of carboxylic acids is 1. The van der Waals surface area contributed by atoms with Gasteiger partial charge in [0.25, 0.3) is 0 Å². The number of benzene rings is 2. The predicted molar refractivity (Wildman–Crippen MR) is 82.4 cm³/mol. The number of sulfone groups is 1. The number of hydrogen-bond donors (Lipinski definition) is 1. The van der Waals surface area contributed by atoms with Crippen LogP contribution < -0.4 is 4.74 Å². The lowest BCUT2D eigenvalue weighted by Crippen LogP contribution is -2.01. The van der Waals surface area contributed by atoms with E-state index in [4.69, 9.17) is 21.4 Å². The molecule has 0 saturated carbocycles. The SMILES string of the molecule is CS(=O)(=O)c1ccc(Oc2cc(CC(=O)O)ccc2Cl)c(F)c1. The Balaban J connectivity index is 2.34. The third kappa shape index (κ3) is 4.43. The van der Waals surface area contributed by atoms with E-state index in [-0.39, 0.29) is 27.8 Å². The highest BCUT2D eigenvalue weighted by Gasteiger charge is 2.14. The molecule has 0 heterocycles. The standard InChI is InChI=1S/C15H12ClFO5S/c1-23(20,21)10-3-5-13(12(17)8-10)22-14-6-9(7-15(18)19)2-4-11(14)16/h2-6,8H,7H2,1H3,(H,18,19). The van der Waals surface area contributed by atoms with E-state index in [1.807, 2.05) is 0 Å². The van der Waals surface area contributed by atoms with Crippen molar-refractivity contribution >= 4 is 27.4 Å². The fraction of sp³-hybridized carbons (Fsp3) is 0.133. The second kappa shape index (κ2) is 6.55. The van der Waals surface area contributed by atoms with Crippen LogP contribution >= 0.6 is 11.6 Å². The van der Waals surface area contributed by atoms with Gasteiger partial charge >= 0.3 is 5.97 Å². The Kier molecular flexibility index (Phi) is 4.91. The smallest absolute Gasteiger partial charge is 0.307 e. The van der Waals surface area contributed by atoms with Crippen molar-refractivity contribution in [2.24, 2.45) is 0 Å². The van der Waals surface area contributed by atoms with Crippen molar-refractivity contribution in [1.29, 1.82) is 0 Å². The maximum Gasteiger partial charge on any atom is 0.307 e. The second-order valence-corrected chi connectivity index (χ2v) is 7.22. The number of carbonyl (C=O) groups is 1. The third-order valence-corrected chi connectivity index (χ3v) is 4.32. The van der Waals surface area contributed by atoms with Crippen molar-refractivity contribution in [3.05, 3.63) is 52.8 Å². The molecule has 0 radical (unpaired) electrons. The summed E-state index contributed by atoms with van der Waals surface area (Å²) in [6.07, 6.45) is 0.734. The summed E-state index contributed by atoms with van der Waals surface area (Å²) in [6, 6.07) is 7.58. The maximum atomic E-state index is 14.0. The molecule has 0 amide bonds. The van der Waals surface area contributed by atoms with Crippen molar-refractivity contribution in [2.45, 2.75) is 11.3 Å². The van der Waals surface area contributed by atoms with Gasteiger partial charge in [-0.2, -0.15) is 0 Å². The van der Waals surface area contributed by atoms with Crippen LogP contribution in [0.1, 0.15) is 5.56 Å². The van der Waals surface area contributed by atoms with Gasteiger partial charge in [0.1, 0.15) is 5.75 Å². The molecule has 1 N–H and O–H groups in total. The summed E-state index contributed by atoms with van der Waals surface area (Å²) in [6.45, 7) is 0. The maximum absolute atomic E-state index is 14.0. The zero-order chi connectivity index (χ0) is 17.2. The van der Waals surface area contributed by atoms with Crippen LogP contribution in [-0.2, 0) is 21.1 Å². The average Bonchev–Trinajstić information content (AvgIpc) is 2.43. The molecule has 0 aliphatic rings. The molecule has 122 valence electrons. The van der Waals surface area contributed by atoms with Crippen molar-refractivity contribution in [3.63, 3.8) is 0 Å². The number of hydrogen-bond acceptors (Lipinski definition) is 4. The molecule has 2 aromatic rings. The first kappa shape index (κ1) is 17.2. The summed E-state index contributed by atoms with van der Waals surface area (Å²) in [5.41, 5.74) is 0.435. The zero-order valence-corrected chi connectivity index (χ0v) is 13.5. The highest BCUT2D eigenvalue weighted by atomic mass is 35.5. The van der Waals surface area contributed by atoms with Crippen LogP contribution in [0.3, 0.4) is 0 Å². The normalized spacial score (nSPS) is 11.3. The van der Waals surface area contributed by atoms with Crippen LogP contribution in [0.2, 0.25) is 5.02 Å². The number of halogens is 2. The Bertz CT molecular complexity index is 864. The van der Waals surface area contributed by atoms with Gasteiger partial charge in [0.05, 0.1) is 16.3 Å². The molecule has 5 nitrogen and oxygen atoms in total. The van der Waals surface area contributed by atoms with Gasteiger partial charge in [-0.15, -0.1) is 0 Å². The first-order valence-corrected chi connectivity index (χ1v) is 8.61. The van der Waals surface area contributed by atoms with Crippen molar-refractivity contribution in [3.8, 4) is 11.5 Å². The predicted octanol–water partition coefficient (Wildman–Crippen LogP) is 3.30. The summed E-state index contributed by atoms with van der Waals surface area (Å²) >= 11 is 5.95. The monoisotopic (exact) mass is 358 g/mol. The van der Waals surface area contributed by atoms with E-state index in [2.05, 4.69) is 0 Å². The van der Waals surface area contributed by atoms with E-state index in [0.717, 1.165) is 12.3 Å². The average molecular weight is 359 g/mol. The summed E-state index contributed by atoms with van der Waals surface area (Å²) < 4.78 is 42.1. The molecule has 0 spiro atoms. The minimum absolute atomic E-state index is 0.0800. The molecule has 23 heavy (non-hydrogen) atoms. The Morgan fingerprint density at radius 3 is 2.48 bits per heavy atom. The topological polar surface area (TPSA) is 80.7 Å². The van der Waals surface area contributed by atoms with Crippen LogP contribution in [0.15, 0.2) is 41.3 Å². The Labute approximate surface area is 137 Å². The molecule has 0 atom stereocenters. The van der Waals surface area contributed by atoms with Gasteiger partial charge in [-0.05, 0) is 35.9 Å². The highest BCUT2D eigenvalue weighted by molar-refractivity contribution is 7.90. The number of ether oxygens (including phenoxy) is 1. The van der Waals surface area contributed by atoms with E-state index in [1.165, 1.54) is 30.3 Å². The molecule has 0 unspecified atom stereocenters. The molecule has 0 aliphatic carbocycles. The van der Waals surface area contributed by atoms with Crippen molar-refractivity contribution in [1.82, 2.24) is 0 Å². The van der Waals surface area contributed by atoms with Gasteiger partial charge in [-0.25, -0.2) is 12.8 Å². The molecule has 0 bridgehead atoms. The Hall–Kier alpha value is -2.12. The highest BCUT2D eigenvalue weighted by Crippen LogP contribution is 2.32. The van der Waals surface area contributed by atoms with Gasteiger partial charge in [-0.1, -0.05) is 17.7 Å². The minimum Gasteiger partial charge on any atom is -0.481 e. The molecule has 8 heteroatoms. The lowest BCUT2D eigenvalue weighted by Gasteiger charge is -2.10. The summed E-state index contributed by atoms with van der Waals surface area (Å²) in [4.78, 5) is 10.5. The van der Waals surface area contributed by atoms with Gasteiger partial charge < -0.3 is 9.84 Å². The van der Waals surface area contributed by atoms with Crippen molar-refractivity contribution < 1.29 is 27.4 Å². The van der Waals surface area contributed by atoms with Crippen LogP contribution in [-0.4, -0.2) is 25.7 Å². The molecule has 0 fully saturated rings. The van der Waals surface area contributed by atoms with E-state index in [9.17, 15) is 17.6 Å². The summed E-state index contributed by atoms with van der Waals surface area (Å²) in [7, 11) is -3.53. The number of carboxylic acid groups (broad SMARTS) is 1. The van der Waals surface area contributed by atoms with E-state index < -0.39 is 21.6 Å². The molecule has 2 aromatic carbocycles. The fourth-order valence-electron chi connectivity index (χ4n) is 1.82. The fourth-order valence-corrected chi connectivity index (χ4v) is 2.61. The van der Waals surface area contributed by atoms with Crippen LogP contribution in [0.5, 0.6) is 11.5 Å². The van der Waals surface area contributed by atoms with Gasteiger partial charge in [-0.3, -0.25) is 4.79 Å². The number of rotatable bonds is 5. The van der Waals surface area contributed by atoms with E-state index in [0.29, 0.717) is 5.56 Å². The van der Waals surface area contributed by atoms with Gasteiger partial charge in [0.15, 0.2) is 21.4 Å².